The van der Waals surface area contributed by atoms with Gasteiger partial charge in [0.05, 0.1) is 0 Å². The van der Waals surface area contributed by atoms with Crippen LogP contribution in [0.5, 0.6) is 0 Å². The SMILES string of the molecule is Cc1ccc(C(=O)C2CCN(CCC(=O)N3CCCCC3)CC2)cc1. The van der Waals surface area contributed by atoms with Crippen LogP contribution in [-0.2, 0) is 4.79 Å². The first kappa shape index (κ1) is 18.1. The Morgan fingerprint density at radius 2 is 1.60 bits per heavy atom. The quantitative estimate of drug-likeness (QED) is 0.771. The van der Waals surface area contributed by atoms with Gasteiger partial charge in [0.1, 0.15) is 0 Å². The number of nitrogens with zero attached hydrogens (tertiary/aromatic N) is 2. The van der Waals surface area contributed by atoms with Gasteiger partial charge in [-0.2, -0.15) is 0 Å². The van der Waals surface area contributed by atoms with Crippen molar-refractivity contribution in [3.8, 4) is 0 Å². The number of amides is 1. The number of likely N-dealkylation sites (tertiary alicyclic amines) is 2. The number of Topliss-reactive ketones (excluding diaryl/α,β-unsaturated/α-hetero) is 1. The molecule has 2 saturated heterocycles. The van der Waals surface area contributed by atoms with Crippen LogP contribution in [0.15, 0.2) is 24.3 Å². The van der Waals surface area contributed by atoms with Crippen molar-refractivity contribution in [2.75, 3.05) is 32.7 Å². The minimum absolute atomic E-state index is 0.136. The van der Waals surface area contributed by atoms with E-state index >= 15 is 0 Å². The van der Waals surface area contributed by atoms with Gasteiger partial charge in [-0.25, -0.2) is 0 Å². The Bertz CT molecular complexity index is 582. The molecule has 3 rings (SSSR count). The molecule has 0 spiro atoms. The average molecular weight is 342 g/mol. The molecule has 0 aromatic heterocycles. The highest BCUT2D eigenvalue weighted by atomic mass is 16.2. The van der Waals surface area contributed by atoms with E-state index in [1.54, 1.807) is 0 Å². The second kappa shape index (κ2) is 8.61. The van der Waals surface area contributed by atoms with Crippen molar-refractivity contribution in [3.05, 3.63) is 35.4 Å². The van der Waals surface area contributed by atoms with Crippen LogP contribution in [0.1, 0.15) is 54.4 Å². The van der Waals surface area contributed by atoms with E-state index in [0.717, 1.165) is 64.0 Å². The number of piperidine rings is 2. The van der Waals surface area contributed by atoms with Gasteiger partial charge in [0.2, 0.25) is 5.91 Å². The van der Waals surface area contributed by atoms with Crippen molar-refractivity contribution in [2.24, 2.45) is 5.92 Å². The summed E-state index contributed by atoms with van der Waals surface area (Å²) in [6.45, 7) is 6.60. The van der Waals surface area contributed by atoms with Crippen molar-refractivity contribution in [1.29, 1.82) is 0 Å². The molecule has 0 atom stereocenters. The lowest BCUT2D eigenvalue weighted by molar-refractivity contribution is -0.132. The van der Waals surface area contributed by atoms with Crippen molar-refractivity contribution in [1.82, 2.24) is 9.80 Å². The zero-order chi connectivity index (χ0) is 17.6. The van der Waals surface area contributed by atoms with Crippen LogP contribution in [-0.4, -0.2) is 54.2 Å². The van der Waals surface area contributed by atoms with Crippen LogP contribution < -0.4 is 0 Å². The summed E-state index contributed by atoms with van der Waals surface area (Å²) in [5, 5.41) is 0. The van der Waals surface area contributed by atoms with Crippen LogP contribution in [0.3, 0.4) is 0 Å². The first-order chi connectivity index (χ1) is 12.1. The minimum atomic E-state index is 0.136. The van der Waals surface area contributed by atoms with Crippen molar-refractivity contribution < 1.29 is 9.59 Å². The normalized spacial score (nSPS) is 19.8. The molecule has 1 aromatic rings. The monoisotopic (exact) mass is 342 g/mol. The molecular weight excluding hydrogens is 312 g/mol. The molecule has 1 amide bonds. The maximum absolute atomic E-state index is 12.6. The minimum Gasteiger partial charge on any atom is -0.343 e. The third kappa shape index (κ3) is 4.91. The summed E-state index contributed by atoms with van der Waals surface area (Å²) in [6, 6.07) is 7.91. The van der Waals surface area contributed by atoms with Crippen molar-refractivity contribution in [2.45, 2.75) is 45.4 Å². The number of aryl methyl sites for hydroxylation is 1. The molecule has 0 bridgehead atoms. The van der Waals surface area contributed by atoms with Crippen LogP contribution in [0.25, 0.3) is 0 Å². The molecule has 0 radical (unpaired) electrons. The third-order valence-corrected chi connectivity index (χ3v) is 5.65. The van der Waals surface area contributed by atoms with Gasteiger partial charge in [-0.3, -0.25) is 9.59 Å². The first-order valence-corrected chi connectivity index (χ1v) is 9.74. The number of ketones is 1. The Hall–Kier alpha value is -1.68. The summed E-state index contributed by atoms with van der Waals surface area (Å²) < 4.78 is 0. The molecule has 1 aromatic carbocycles. The Kier molecular flexibility index (Phi) is 6.24. The molecule has 0 unspecified atom stereocenters. The van der Waals surface area contributed by atoms with Gasteiger partial charge in [0.15, 0.2) is 5.78 Å². The van der Waals surface area contributed by atoms with E-state index in [2.05, 4.69) is 4.90 Å². The van der Waals surface area contributed by atoms with E-state index < -0.39 is 0 Å². The third-order valence-electron chi connectivity index (χ3n) is 5.65. The number of hydrogen-bond acceptors (Lipinski definition) is 3. The lowest BCUT2D eigenvalue weighted by atomic mass is 9.88. The summed E-state index contributed by atoms with van der Waals surface area (Å²) in [6.07, 6.45) is 5.99. The van der Waals surface area contributed by atoms with Gasteiger partial charge in [-0.15, -0.1) is 0 Å². The fourth-order valence-electron chi connectivity index (χ4n) is 3.93. The largest absolute Gasteiger partial charge is 0.343 e. The molecule has 25 heavy (non-hydrogen) atoms. The van der Waals surface area contributed by atoms with Crippen LogP contribution in [0.4, 0.5) is 0 Å². The second-order valence-electron chi connectivity index (χ2n) is 7.54. The fourth-order valence-corrected chi connectivity index (χ4v) is 3.93. The molecule has 4 nitrogen and oxygen atoms in total. The molecule has 4 heteroatoms. The molecule has 2 fully saturated rings. The highest BCUT2D eigenvalue weighted by molar-refractivity contribution is 5.97. The van der Waals surface area contributed by atoms with Crippen LogP contribution in [0, 0.1) is 12.8 Å². The summed E-state index contributed by atoms with van der Waals surface area (Å²) in [4.78, 5) is 29.3. The Balaban J connectivity index is 1.41. The average Bonchev–Trinajstić information content (AvgIpc) is 2.67. The summed E-state index contributed by atoms with van der Waals surface area (Å²) in [5.74, 6) is 0.721. The molecule has 2 aliphatic rings. The summed E-state index contributed by atoms with van der Waals surface area (Å²) in [5.41, 5.74) is 2.02. The van der Waals surface area contributed by atoms with Crippen molar-refractivity contribution >= 4 is 11.7 Å². The molecule has 0 saturated carbocycles. The van der Waals surface area contributed by atoms with E-state index in [0.29, 0.717) is 12.3 Å². The number of carbonyl (C=O) groups excluding carboxylic acids is 2. The molecule has 136 valence electrons. The Morgan fingerprint density at radius 3 is 2.24 bits per heavy atom. The standard InChI is InChI=1S/C21H30N2O2/c1-17-5-7-18(8-6-17)21(25)19-9-14-22(15-10-19)16-11-20(24)23-12-3-2-4-13-23/h5-8,19H,2-4,9-16H2,1H3. The molecule has 0 aliphatic carbocycles. The molecule has 2 aliphatic heterocycles. The number of benzene rings is 1. The van der Waals surface area contributed by atoms with E-state index in [4.69, 9.17) is 0 Å². The fraction of sp³-hybridized carbons (Fsp3) is 0.619. The second-order valence-corrected chi connectivity index (χ2v) is 7.54. The lowest BCUT2D eigenvalue weighted by Gasteiger charge is -2.32. The number of hydrogen-bond donors (Lipinski definition) is 0. The molecular formula is C21H30N2O2. The van der Waals surface area contributed by atoms with E-state index in [-0.39, 0.29) is 11.7 Å². The first-order valence-electron chi connectivity index (χ1n) is 9.74. The maximum Gasteiger partial charge on any atom is 0.223 e. The van der Waals surface area contributed by atoms with E-state index in [9.17, 15) is 9.59 Å². The van der Waals surface area contributed by atoms with Gasteiger partial charge in [0, 0.05) is 37.5 Å². The number of rotatable bonds is 5. The predicted molar refractivity (Wildman–Crippen MR) is 99.7 cm³/mol. The highest BCUT2D eigenvalue weighted by Crippen LogP contribution is 2.22. The van der Waals surface area contributed by atoms with Gasteiger partial charge in [0.25, 0.3) is 0 Å². The highest BCUT2D eigenvalue weighted by Gasteiger charge is 2.26. The number of carbonyl (C=O) groups is 2. The van der Waals surface area contributed by atoms with Gasteiger partial charge in [-0.1, -0.05) is 29.8 Å². The Morgan fingerprint density at radius 1 is 0.960 bits per heavy atom. The topological polar surface area (TPSA) is 40.6 Å². The smallest absolute Gasteiger partial charge is 0.223 e. The van der Waals surface area contributed by atoms with Crippen molar-refractivity contribution in [3.63, 3.8) is 0 Å². The molecule has 0 N–H and O–H groups in total. The zero-order valence-electron chi connectivity index (χ0n) is 15.4. The predicted octanol–water partition coefficient (Wildman–Crippen LogP) is 3.29. The van der Waals surface area contributed by atoms with Gasteiger partial charge >= 0.3 is 0 Å². The summed E-state index contributed by atoms with van der Waals surface area (Å²) >= 11 is 0. The van der Waals surface area contributed by atoms with Gasteiger partial charge < -0.3 is 9.80 Å². The van der Waals surface area contributed by atoms with Crippen LogP contribution >= 0.6 is 0 Å². The summed E-state index contributed by atoms with van der Waals surface area (Å²) in [7, 11) is 0. The lowest BCUT2D eigenvalue weighted by Crippen LogP contribution is -2.40. The Labute approximate surface area is 151 Å². The van der Waals surface area contributed by atoms with E-state index in [1.165, 1.54) is 12.0 Å². The molecule has 2 heterocycles. The zero-order valence-corrected chi connectivity index (χ0v) is 15.4. The van der Waals surface area contributed by atoms with Gasteiger partial charge in [-0.05, 0) is 52.1 Å². The van der Waals surface area contributed by atoms with Crippen LogP contribution in [0.2, 0.25) is 0 Å². The van der Waals surface area contributed by atoms with E-state index in [1.807, 2.05) is 36.1 Å². The maximum atomic E-state index is 12.6.